The molecule has 55 heavy (non-hydrogen) atoms. The predicted molar refractivity (Wildman–Crippen MR) is 224 cm³/mol. The Morgan fingerprint density at radius 2 is 0.855 bits per heavy atom. The van der Waals surface area contributed by atoms with Gasteiger partial charge in [0.2, 0.25) is 0 Å². The third-order valence-electron chi connectivity index (χ3n) is 12.6. The van der Waals surface area contributed by atoms with Gasteiger partial charge in [0.25, 0.3) is 0 Å². The number of hydrogen-bond acceptors (Lipinski definition) is 1. The number of benzene rings is 9. The monoisotopic (exact) mass is 698 g/mol. The highest BCUT2D eigenvalue weighted by Crippen LogP contribution is 2.65. The molecule has 0 radical (unpaired) electrons. The molecule has 1 unspecified atom stereocenters. The largest absolute Gasteiger partial charge is 0.457 e. The first kappa shape index (κ1) is 30.5. The van der Waals surface area contributed by atoms with Crippen molar-refractivity contribution < 1.29 is 4.74 Å². The quantitative estimate of drug-likeness (QED) is 0.178. The fourth-order valence-electron chi connectivity index (χ4n) is 10.6. The van der Waals surface area contributed by atoms with E-state index in [1.165, 1.54) is 72.0 Å². The van der Waals surface area contributed by atoms with Crippen LogP contribution in [0.15, 0.2) is 206 Å². The molecular formula is C54H34O. The molecule has 9 aromatic carbocycles. The Hall–Kier alpha value is -6.96. The third kappa shape index (κ3) is 3.87. The number of para-hydroxylation sites is 1. The van der Waals surface area contributed by atoms with Gasteiger partial charge in [0.1, 0.15) is 11.5 Å². The van der Waals surface area contributed by atoms with Crippen LogP contribution in [0.2, 0.25) is 0 Å². The van der Waals surface area contributed by atoms with Crippen LogP contribution in [-0.4, -0.2) is 0 Å². The van der Waals surface area contributed by atoms with E-state index in [0.717, 1.165) is 28.2 Å². The molecule has 0 fully saturated rings. The Kier molecular flexibility index (Phi) is 6.25. The first-order valence-electron chi connectivity index (χ1n) is 19.2. The van der Waals surface area contributed by atoms with Gasteiger partial charge in [0.05, 0.1) is 10.8 Å². The Labute approximate surface area is 320 Å². The lowest BCUT2D eigenvalue weighted by molar-refractivity contribution is 0.435. The lowest BCUT2D eigenvalue weighted by Crippen LogP contribution is -2.34. The summed E-state index contributed by atoms with van der Waals surface area (Å²) in [5.74, 6) is 1.76. The average Bonchev–Trinajstić information content (AvgIpc) is 3.73. The summed E-state index contributed by atoms with van der Waals surface area (Å²) in [5, 5.41) is 2.57. The highest BCUT2D eigenvalue weighted by Gasteiger charge is 2.53. The van der Waals surface area contributed by atoms with Crippen molar-refractivity contribution in [2.75, 3.05) is 0 Å². The molecule has 12 rings (SSSR count). The summed E-state index contributed by atoms with van der Waals surface area (Å²) >= 11 is 0. The molecule has 0 saturated heterocycles. The number of rotatable bonds is 3. The molecule has 1 atom stereocenters. The van der Waals surface area contributed by atoms with E-state index in [2.05, 4.69) is 206 Å². The van der Waals surface area contributed by atoms with Crippen molar-refractivity contribution in [2.24, 2.45) is 0 Å². The van der Waals surface area contributed by atoms with Gasteiger partial charge in [-0.15, -0.1) is 0 Å². The Morgan fingerprint density at radius 1 is 0.309 bits per heavy atom. The van der Waals surface area contributed by atoms with Crippen LogP contribution in [0.4, 0.5) is 0 Å². The fraction of sp³-hybridized carbons (Fsp3) is 0.0370. The van der Waals surface area contributed by atoms with Gasteiger partial charge in [-0.05, 0) is 95.7 Å². The minimum absolute atomic E-state index is 0.484. The maximum atomic E-state index is 6.92. The van der Waals surface area contributed by atoms with Gasteiger partial charge in [-0.1, -0.05) is 188 Å². The second-order valence-electron chi connectivity index (χ2n) is 15.1. The van der Waals surface area contributed by atoms with Crippen LogP contribution in [0.1, 0.15) is 44.5 Å². The van der Waals surface area contributed by atoms with Crippen molar-refractivity contribution in [1.82, 2.24) is 0 Å². The molecule has 256 valence electrons. The number of ether oxygens (including phenoxy) is 1. The topological polar surface area (TPSA) is 9.23 Å². The summed E-state index contributed by atoms with van der Waals surface area (Å²) in [6.07, 6.45) is 0. The van der Waals surface area contributed by atoms with E-state index in [0.29, 0.717) is 0 Å². The van der Waals surface area contributed by atoms with Crippen molar-refractivity contribution in [3.63, 3.8) is 0 Å². The van der Waals surface area contributed by atoms with E-state index in [4.69, 9.17) is 4.74 Å². The van der Waals surface area contributed by atoms with Gasteiger partial charge in [-0.25, -0.2) is 0 Å². The van der Waals surface area contributed by atoms with Gasteiger partial charge in [-0.2, -0.15) is 0 Å². The van der Waals surface area contributed by atoms with Crippen LogP contribution in [0, 0.1) is 0 Å². The first-order valence-corrected chi connectivity index (χ1v) is 19.2. The van der Waals surface area contributed by atoms with Gasteiger partial charge in [0, 0.05) is 11.1 Å². The second kappa shape index (κ2) is 11.3. The van der Waals surface area contributed by atoms with Crippen LogP contribution in [0.25, 0.3) is 44.2 Å². The van der Waals surface area contributed by atoms with Crippen LogP contribution >= 0.6 is 0 Å². The van der Waals surface area contributed by atoms with E-state index in [-0.39, 0.29) is 0 Å². The van der Waals surface area contributed by atoms with Gasteiger partial charge < -0.3 is 4.74 Å². The maximum absolute atomic E-state index is 6.92. The lowest BCUT2D eigenvalue weighted by Gasteiger charge is -2.42. The van der Waals surface area contributed by atoms with Crippen molar-refractivity contribution in [3.05, 3.63) is 251 Å². The third-order valence-corrected chi connectivity index (χ3v) is 12.6. The number of fused-ring (bicyclic) bond motifs is 14. The molecule has 3 aliphatic rings. The summed E-state index contributed by atoms with van der Waals surface area (Å²) in [6, 6.07) is 76.2. The van der Waals surface area contributed by atoms with Crippen molar-refractivity contribution in [3.8, 4) is 44.9 Å². The summed E-state index contributed by atoms with van der Waals surface area (Å²) in [7, 11) is 0. The van der Waals surface area contributed by atoms with E-state index in [1.54, 1.807) is 0 Å². The van der Waals surface area contributed by atoms with E-state index >= 15 is 0 Å². The first-order chi connectivity index (χ1) is 27.3. The molecule has 1 spiro atoms. The summed E-state index contributed by atoms with van der Waals surface area (Å²) in [4.78, 5) is 0. The second-order valence-corrected chi connectivity index (χ2v) is 15.1. The van der Waals surface area contributed by atoms with E-state index in [9.17, 15) is 0 Å². The molecule has 9 aromatic rings. The van der Waals surface area contributed by atoms with Crippen molar-refractivity contribution >= 4 is 10.8 Å². The van der Waals surface area contributed by atoms with Crippen molar-refractivity contribution in [1.29, 1.82) is 0 Å². The molecule has 1 heterocycles. The standard InChI is InChI=1S/C54H34O/c1-3-17-37(18-4-1)53(38-19-5-2-6-20-38)47-27-13-14-28-49(47)55-50-29-15-24-40(52(50)53)36-31-32-43-41-22-9-11-25-45(41)54(48(43)34-36)46-26-12-10-23-42(46)44-33-30-35-16-7-8-21-39(35)51(44)54/h1-34H. The summed E-state index contributed by atoms with van der Waals surface area (Å²) in [6.45, 7) is 0. The fourth-order valence-corrected chi connectivity index (χ4v) is 10.6. The average molecular weight is 699 g/mol. The number of hydrogen-bond donors (Lipinski definition) is 0. The molecule has 0 N–H and O–H groups in total. The smallest absolute Gasteiger partial charge is 0.132 e. The molecule has 0 amide bonds. The van der Waals surface area contributed by atoms with E-state index in [1.807, 2.05) is 0 Å². The van der Waals surface area contributed by atoms with Crippen LogP contribution in [-0.2, 0) is 10.8 Å². The van der Waals surface area contributed by atoms with Gasteiger partial charge >= 0.3 is 0 Å². The van der Waals surface area contributed by atoms with Gasteiger partial charge in [-0.3, -0.25) is 0 Å². The molecule has 0 aromatic heterocycles. The highest BCUT2D eigenvalue weighted by molar-refractivity contribution is 6.04. The normalized spacial score (nSPS) is 16.4. The Balaban J connectivity index is 1.20. The zero-order chi connectivity index (χ0) is 36.1. The molecule has 0 saturated carbocycles. The van der Waals surface area contributed by atoms with Crippen LogP contribution in [0.5, 0.6) is 11.5 Å². The summed E-state index contributed by atoms with van der Waals surface area (Å²) in [5.41, 5.74) is 16.6. The van der Waals surface area contributed by atoms with E-state index < -0.39 is 10.8 Å². The minimum atomic E-state index is -0.633. The molecule has 1 heteroatoms. The molecule has 0 bridgehead atoms. The SMILES string of the molecule is c1ccc(C2(c3ccccc3)c3ccccc3Oc3cccc(-c4ccc5c(c4)C4(c6ccccc6-5)c5ccccc5-c5ccc6ccccc6c54)c32)cc1. The van der Waals surface area contributed by atoms with Crippen LogP contribution in [0.3, 0.4) is 0 Å². The zero-order valence-electron chi connectivity index (χ0n) is 30.0. The maximum Gasteiger partial charge on any atom is 0.132 e. The lowest BCUT2D eigenvalue weighted by atomic mass is 9.62. The van der Waals surface area contributed by atoms with Crippen molar-refractivity contribution in [2.45, 2.75) is 10.8 Å². The molecular weight excluding hydrogens is 665 g/mol. The highest BCUT2D eigenvalue weighted by atomic mass is 16.5. The summed E-state index contributed by atoms with van der Waals surface area (Å²) < 4.78 is 6.92. The molecule has 1 nitrogen and oxygen atoms in total. The van der Waals surface area contributed by atoms with Crippen LogP contribution < -0.4 is 4.74 Å². The predicted octanol–water partition coefficient (Wildman–Crippen LogP) is 13.3. The molecule has 2 aliphatic carbocycles. The Morgan fingerprint density at radius 3 is 1.60 bits per heavy atom. The minimum Gasteiger partial charge on any atom is -0.457 e. The Bertz CT molecular complexity index is 2960. The zero-order valence-corrected chi connectivity index (χ0v) is 30.0. The van der Waals surface area contributed by atoms with Gasteiger partial charge in [0.15, 0.2) is 0 Å². The molecule has 1 aliphatic heterocycles.